The summed E-state index contributed by atoms with van der Waals surface area (Å²) in [6.45, 7) is 2.31. The van der Waals surface area contributed by atoms with E-state index >= 15 is 0 Å². The highest BCUT2D eigenvalue weighted by Gasteiger charge is 2.50. The Labute approximate surface area is 94.6 Å². The van der Waals surface area contributed by atoms with E-state index in [1.165, 1.54) is 14.0 Å². The Morgan fingerprint density at radius 2 is 2.12 bits per heavy atom. The molecule has 0 spiro atoms. The molecule has 5 nitrogen and oxygen atoms in total. The summed E-state index contributed by atoms with van der Waals surface area (Å²) in [5, 5.41) is 1.79. The molecule has 0 radical (unpaired) electrons. The quantitative estimate of drug-likeness (QED) is 0.644. The van der Waals surface area contributed by atoms with Gasteiger partial charge in [0.15, 0.2) is 6.10 Å². The number of nitrogens with zero attached hydrogens (tertiary/aromatic N) is 1. The van der Waals surface area contributed by atoms with Crippen molar-refractivity contribution in [3.05, 3.63) is 0 Å². The van der Waals surface area contributed by atoms with Gasteiger partial charge in [-0.05, 0) is 19.8 Å². The summed E-state index contributed by atoms with van der Waals surface area (Å²) in [6.07, 6.45) is 2.31. The lowest BCUT2D eigenvalue weighted by atomic mass is 9.86. The first-order valence-electron chi connectivity index (χ1n) is 5.67. The number of hydroxylamine groups is 2. The monoisotopic (exact) mass is 227 g/mol. The van der Waals surface area contributed by atoms with Gasteiger partial charge in [0.2, 0.25) is 0 Å². The third-order valence-electron chi connectivity index (χ3n) is 3.39. The van der Waals surface area contributed by atoms with Crippen molar-refractivity contribution in [2.45, 2.75) is 38.3 Å². The minimum absolute atomic E-state index is 0.00444. The molecule has 2 rings (SSSR count). The summed E-state index contributed by atoms with van der Waals surface area (Å²) in [5.74, 6) is -0.813. The summed E-state index contributed by atoms with van der Waals surface area (Å²) in [6, 6.07) is 0.0512. The fourth-order valence-corrected chi connectivity index (χ4v) is 2.62. The minimum atomic E-state index is -0.745. The highest BCUT2D eigenvalue weighted by molar-refractivity contribution is 5.87. The number of methoxy groups -OCH3 is 1. The molecule has 0 aromatic heterocycles. The number of rotatable bonds is 2. The first kappa shape index (κ1) is 11.5. The first-order valence-corrected chi connectivity index (χ1v) is 5.67. The van der Waals surface area contributed by atoms with Crippen LogP contribution in [0.3, 0.4) is 0 Å². The molecule has 16 heavy (non-hydrogen) atoms. The van der Waals surface area contributed by atoms with E-state index in [-0.39, 0.29) is 17.7 Å². The van der Waals surface area contributed by atoms with Crippen LogP contribution >= 0.6 is 0 Å². The number of carbonyl (C=O) groups is 2. The van der Waals surface area contributed by atoms with Crippen LogP contribution in [0.4, 0.5) is 0 Å². The van der Waals surface area contributed by atoms with E-state index in [0.717, 1.165) is 25.8 Å². The number of esters is 1. The average Bonchev–Trinajstić information content (AvgIpc) is 2.67. The number of ether oxygens (including phenoxy) is 1. The van der Waals surface area contributed by atoms with Crippen molar-refractivity contribution in [3.63, 3.8) is 0 Å². The largest absolute Gasteiger partial charge is 0.467 e. The van der Waals surface area contributed by atoms with Gasteiger partial charge in [0, 0.05) is 12.6 Å². The van der Waals surface area contributed by atoms with Crippen molar-refractivity contribution in [3.8, 4) is 0 Å². The number of ketones is 1. The van der Waals surface area contributed by atoms with Gasteiger partial charge in [-0.15, -0.1) is 0 Å². The van der Waals surface area contributed by atoms with E-state index in [9.17, 15) is 9.59 Å². The Balaban J connectivity index is 2.19. The van der Waals surface area contributed by atoms with Crippen LogP contribution in [0.5, 0.6) is 0 Å². The van der Waals surface area contributed by atoms with Crippen LogP contribution in [-0.4, -0.2) is 42.6 Å². The van der Waals surface area contributed by atoms with Crippen LogP contribution < -0.4 is 0 Å². The van der Waals surface area contributed by atoms with Gasteiger partial charge in [-0.3, -0.25) is 9.63 Å². The standard InChI is InChI=1S/C11H17NO4/c1-7(13)9-8-5-3-4-6-12(8)16-10(9)11(14)15-2/h8-10H,3-6H2,1-2H3/t8-,9+,10+/m1/s1. The van der Waals surface area contributed by atoms with Crippen molar-refractivity contribution in [1.29, 1.82) is 0 Å². The van der Waals surface area contributed by atoms with E-state index in [1.807, 2.05) is 0 Å². The lowest BCUT2D eigenvalue weighted by molar-refractivity contribution is -0.192. The van der Waals surface area contributed by atoms with Crippen molar-refractivity contribution in [2.24, 2.45) is 5.92 Å². The molecule has 0 aromatic rings. The lowest BCUT2D eigenvalue weighted by Gasteiger charge is -2.28. The molecule has 2 saturated heterocycles. The Morgan fingerprint density at radius 3 is 2.75 bits per heavy atom. The SMILES string of the molecule is COC(=O)[C@H]1ON2CCCC[C@@H]2[C@@H]1C(C)=O. The second kappa shape index (κ2) is 4.51. The van der Waals surface area contributed by atoms with Crippen molar-refractivity contribution in [1.82, 2.24) is 5.06 Å². The maximum absolute atomic E-state index is 11.6. The summed E-state index contributed by atoms with van der Waals surface area (Å²) in [4.78, 5) is 28.7. The van der Waals surface area contributed by atoms with Crippen molar-refractivity contribution < 1.29 is 19.2 Å². The highest BCUT2D eigenvalue weighted by atomic mass is 16.7. The lowest BCUT2D eigenvalue weighted by Crippen LogP contribution is -2.39. The zero-order valence-electron chi connectivity index (χ0n) is 9.64. The number of hydrogen-bond donors (Lipinski definition) is 0. The van der Waals surface area contributed by atoms with E-state index in [0.29, 0.717) is 0 Å². The van der Waals surface area contributed by atoms with E-state index in [1.54, 1.807) is 5.06 Å². The Bertz CT molecular complexity index is 304. The molecule has 90 valence electrons. The molecule has 3 atom stereocenters. The third-order valence-corrected chi connectivity index (χ3v) is 3.39. The van der Waals surface area contributed by atoms with Crippen LogP contribution in [0, 0.1) is 5.92 Å². The molecule has 2 aliphatic rings. The number of fused-ring (bicyclic) bond motifs is 1. The zero-order chi connectivity index (χ0) is 11.7. The first-order chi connectivity index (χ1) is 7.65. The Hall–Kier alpha value is -0.940. The molecule has 2 heterocycles. The number of Topliss-reactive ketones (excluding diaryl/α,β-unsaturated/α-hetero) is 1. The molecule has 2 fully saturated rings. The molecule has 0 saturated carbocycles. The molecular weight excluding hydrogens is 210 g/mol. The number of hydrogen-bond acceptors (Lipinski definition) is 5. The zero-order valence-corrected chi connectivity index (χ0v) is 9.64. The molecule has 0 unspecified atom stereocenters. The average molecular weight is 227 g/mol. The minimum Gasteiger partial charge on any atom is -0.467 e. The molecule has 2 aliphatic heterocycles. The Morgan fingerprint density at radius 1 is 1.38 bits per heavy atom. The maximum atomic E-state index is 11.6. The Kier molecular flexibility index (Phi) is 3.25. The third kappa shape index (κ3) is 1.85. The van der Waals surface area contributed by atoms with E-state index < -0.39 is 12.1 Å². The van der Waals surface area contributed by atoms with Gasteiger partial charge < -0.3 is 4.74 Å². The second-order valence-electron chi connectivity index (χ2n) is 4.39. The van der Waals surface area contributed by atoms with Gasteiger partial charge in [0.1, 0.15) is 5.78 Å². The second-order valence-corrected chi connectivity index (χ2v) is 4.39. The van der Waals surface area contributed by atoms with Crippen LogP contribution in [0.1, 0.15) is 26.2 Å². The highest BCUT2D eigenvalue weighted by Crippen LogP contribution is 2.35. The summed E-state index contributed by atoms with van der Waals surface area (Å²) < 4.78 is 4.68. The van der Waals surface area contributed by atoms with Gasteiger partial charge in [0.25, 0.3) is 0 Å². The van der Waals surface area contributed by atoms with Gasteiger partial charge >= 0.3 is 5.97 Å². The topological polar surface area (TPSA) is 55.8 Å². The summed E-state index contributed by atoms with van der Waals surface area (Å²) >= 11 is 0. The van der Waals surface area contributed by atoms with Crippen LogP contribution in [0.25, 0.3) is 0 Å². The van der Waals surface area contributed by atoms with E-state index in [2.05, 4.69) is 4.74 Å². The van der Waals surface area contributed by atoms with Crippen molar-refractivity contribution in [2.75, 3.05) is 13.7 Å². The fraction of sp³-hybridized carbons (Fsp3) is 0.818. The molecule has 0 bridgehead atoms. The molecule has 0 N–H and O–H groups in total. The fourth-order valence-electron chi connectivity index (χ4n) is 2.62. The van der Waals surface area contributed by atoms with E-state index in [4.69, 9.17) is 4.84 Å². The van der Waals surface area contributed by atoms with Crippen molar-refractivity contribution >= 4 is 11.8 Å². The van der Waals surface area contributed by atoms with Crippen LogP contribution in [-0.2, 0) is 19.2 Å². The van der Waals surface area contributed by atoms with Gasteiger partial charge in [-0.1, -0.05) is 6.42 Å². The molecule has 0 aliphatic carbocycles. The normalized spacial score (nSPS) is 34.5. The van der Waals surface area contributed by atoms with Gasteiger partial charge in [-0.25, -0.2) is 4.79 Å². The molecule has 0 amide bonds. The predicted octanol–water partition coefficient (Wildman–Crippen LogP) is 0.533. The maximum Gasteiger partial charge on any atom is 0.337 e. The van der Waals surface area contributed by atoms with Crippen LogP contribution in [0.15, 0.2) is 0 Å². The number of piperidine rings is 1. The molecular formula is C11H17NO4. The summed E-state index contributed by atoms with van der Waals surface area (Å²) in [5.41, 5.74) is 0. The smallest absolute Gasteiger partial charge is 0.337 e. The number of carbonyl (C=O) groups excluding carboxylic acids is 2. The predicted molar refractivity (Wildman–Crippen MR) is 55.4 cm³/mol. The van der Waals surface area contributed by atoms with Crippen LogP contribution in [0.2, 0.25) is 0 Å². The summed E-state index contributed by atoms with van der Waals surface area (Å²) in [7, 11) is 1.32. The molecule has 5 heteroatoms. The van der Waals surface area contributed by atoms with Gasteiger partial charge in [0.05, 0.1) is 13.0 Å². The molecule has 0 aromatic carbocycles. The van der Waals surface area contributed by atoms with Gasteiger partial charge in [-0.2, -0.15) is 5.06 Å².